The number of rotatable bonds is 5. The molecule has 0 saturated carbocycles. The zero-order valence-corrected chi connectivity index (χ0v) is 14.7. The topological polar surface area (TPSA) is 72.5 Å². The molecule has 1 amide bonds. The molecule has 2 aliphatic rings. The molecule has 25 heavy (non-hydrogen) atoms. The summed E-state index contributed by atoms with van der Waals surface area (Å²) in [4.78, 5) is 16.6. The van der Waals surface area contributed by atoms with Crippen molar-refractivity contribution in [1.29, 1.82) is 0 Å². The molecule has 2 N–H and O–H groups in total. The summed E-state index contributed by atoms with van der Waals surface area (Å²) < 4.78 is 11.2. The van der Waals surface area contributed by atoms with E-state index < -0.39 is 0 Å². The molecule has 7 heteroatoms. The van der Waals surface area contributed by atoms with Crippen LogP contribution in [0.3, 0.4) is 0 Å². The molecule has 1 fully saturated rings. The first-order valence-corrected chi connectivity index (χ1v) is 9.52. The molecule has 132 valence electrons. The van der Waals surface area contributed by atoms with E-state index in [2.05, 4.69) is 15.6 Å². The maximum atomic E-state index is 12.1. The van der Waals surface area contributed by atoms with Crippen molar-refractivity contribution in [3.05, 3.63) is 23.6 Å². The fourth-order valence-corrected chi connectivity index (χ4v) is 3.88. The summed E-state index contributed by atoms with van der Waals surface area (Å²) in [5.41, 5.74) is 1.79. The van der Waals surface area contributed by atoms with E-state index in [9.17, 15) is 4.79 Å². The van der Waals surface area contributed by atoms with Gasteiger partial charge in [-0.05, 0) is 50.0 Å². The monoisotopic (exact) mass is 359 g/mol. The minimum absolute atomic E-state index is 0.0370. The van der Waals surface area contributed by atoms with Gasteiger partial charge in [0.1, 0.15) is 13.2 Å². The molecule has 4 rings (SSSR count). The van der Waals surface area contributed by atoms with Crippen molar-refractivity contribution in [3.8, 4) is 22.8 Å². The fourth-order valence-electron chi connectivity index (χ4n) is 3.14. The van der Waals surface area contributed by atoms with E-state index >= 15 is 0 Å². The highest BCUT2D eigenvalue weighted by molar-refractivity contribution is 7.14. The van der Waals surface area contributed by atoms with Crippen molar-refractivity contribution in [2.24, 2.45) is 5.92 Å². The minimum atomic E-state index is 0.0370. The smallest absolute Gasteiger partial charge is 0.226 e. The van der Waals surface area contributed by atoms with Gasteiger partial charge >= 0.3 is 0 Å². The number of ether oxygens (including phenoxy) is 2. The van der Waals surface area contributed by atoms with Crippen LogP contribution in [-0.2, 0) is 4.79 Å². The first kappa shape index (κ1) is 16.4. The normalized spacial score (nSPS) is 19.0. The second-order valence-electron chi connectivity index (χ2n) is 6.34. The second kappa shape index (κ2) is 7.41. The number of nitrogens with zero attached hydrogens (tertiary/aromatic N) is 1. The van der Waals surface area contributed by atoms with Crippen LogP contribution < -0.4 is 20.1 Å². The lowest BCUT2D eigenvalue weighted by Gasteiger charge is -2.18. The lowest BCUT2D eigenvalue weighted by molar-refractivity contribution is -0.116. The van der Waals surface area contributed by atoms with Crippen LogP contribution in [0.4, 0.5) is 5.13 Å². The van der Waals surface area contributed by atoms with Crippen molar-refractivity contribution < 1.29 is 14.3 Å². The predicted molar refractivity (Wildman–Crippen MR) is 97.4 cm³/mol. The number of amides is 1. The average Bonchev–Trinajstić information content (AvgIpc) is 3.31. The van der Waals surface area contributed by atoms with Crippen LogP contribution in [0.5, 0.6) is 11.5 Å². The van der Waals surface area contributed by atoms with Crippen LogP contribution in [0.25, 0.3) is 11.3 Å². The van der Waals surface area contributed by atoms with E-state index in [-0.39, 0.29) is 5.91 Å². The molecule has 0 bridgehead atoms. The van der Waals surface area contributed by atoms with E-state index in [0.717, 1.165) is 42.3 Å². The number of carbonyl (C=O) groups excluding carboxylic acids is 1. The molecule has 1 aromatic heterocycles. The highest BCUT2D eigenvalue weighted by Gasteiger charge is 2.17. The summed E-state index contributed by atoms with van der Waals surface area (Å²) in [7, 11) is 0. The van der Waals surface area contributed by atoms with Gasteiger partial charge < -0.3 is 20.1 Å². The minimum Gasteiger partial charge on any atom is -0.486 e. The van der Waals surface area contributed by atoms with Gasteiger partial charge in [0.05, 0.1) is 5.69 Å². The molecule has 1 aromatic carbocycles. The zero-order valence-electron chi connectivity index (χ0n) is 13.9. The third-order valence-corrected chi connectivity index (χ3v) is 5.29. The molecule has 0 aliphatic carbocycles. The summed E-state index contributed by atoms with van der Waals surface area (Å²) in [5, 5.41) is 8.82. The Morgan fingerprint density at radius 3 is 3.04 bits per heavy atom. The maximum absolute atomic E-state index is 12.1. The van der Waals surface area contributed by atoms with Crippen molar-refractivity contribution in [3.63, 3.8) is 0 Å². The molecule has 0 spiro atoms. The van der Waals surface area contributed by atoms with Gasteiger partial charge in [-0.3, -0.25) is 4.79 Å². The van der Waals surface area contributed by atoms with E-state index in [4.69, 9.17) is 9.47 Å². The zero-order chi connectivity index (χ0) is 17.1. The third kappa shape index (κ3) is 3.93. The van der Waals surface area contributed by atoms with Gasteiger partial charge in [0.15, 0.2) is 16.6 Å². The summed E-state index contributed by atoms with van der Waals surface area (Å²) in [5.74, 6) is 2.16. The Labute approximate surface area is 150 Å². The lowest BCUT2D eigenvalue weighted by atomic mass is 10.0. The molecular formula is C18H21N3O3S. The van der Waals surface area contributed by atoms with Crippen LogP contribution in [0.2, 0.25) is 0 Å². The van der Waals surface area contributed by atoms with Crippen LogP contribution in [0.15, 0.2) is 23.6 Å². The Bertz CT molecular complexity index is 756. The fraction of sp³-hybridized carbons (Fsp3) is 0.444. The summed E-state index contributed by atoms with van der Waals surface area (Å²) in [6.45, 7) is 3.23. The van der Waals surface area contributed by atoms with Crippen molar-refractivity contribution in [2.75, 3.05) is 31.6 Å². The number of carbonyl (C=O) groups is 1. The molecule has 2 aliphatic heterocycles. The lowest BCUT2D eigenvalue weighted by Crippen LogP contribution is -2.15. The summed E-state index contributed by atoms with van der Waals surface area (Å²) in [6.07, 6.45) is 2.64. The molecule has 1 atom stereocenters. The first-order valence-electron chi connectivity index (χ1n) is 8.64. The average molecular weight is 359 g/mol. The molecular weight excluding hydrogens is 338 g/mol. The van der Waals surface area contributed by atoms with Crippen LogP contribution >= 0.6 is 11.3 Å². The van der Waals surface area contributed by atoms with Crippen LogP contribution in [0.1, 0.15) is 19.3 Å². The molecule has 0 radical (unpaired) electrons. The summed E-state index contributed by atoms with van der Waals surface area (Å²) >= 11 is 1.44. The number of benzene rings is 1. The molecule has 6 nitrogen and oxygen atoms in total. The highest BCUT2D eigenvalue weighted by atomic mass is 32.1. The Kier molecular flexibility index (Phi) is 4.85. The Hall–Kier alpha value is -2.12. The SMILES string of the molecule is O=C(CCC1CCNC1)Nc1nc(-c2ccc3c(c2)OCCO3)cs1. The van der Waals surface area contributed by atoms with Gasteiger partial charge in [-0.2, -0.15) is 0 Å². The molecule has 1 unspecified atom stereocenters. The standard InChI is InChI=1S/C18H21N3O3S/c22-17(4-1-12-5-6-19-10-12)21-18-20-14(11-25-18)13-2-3-15-16(9-13)24-8-7-23-15/h2-3,9,11-12,19H,1,4-8,10H2,(H,20,21,22). The maximum Gasteiger partial charge on any atom is 0.226 e. The number of anilines is 1. The van der Waals surface area contributed by atoms with Crippen molar-refractivity contribution >= 4 is 22.4 Å². The van der Waals surface area contributed by atoms with Gasteiger partial charge in [0.2, 0.25) is 5.91 Å². The van der Waals surface area contributed by atoms with E-state index in [1.54, 1.807) is 0 Å². The third-order valence-electron chi connectivity index (χ3n) is 4.53. The van der Waals surface area contributed by atoms with Crippen LogP contribution in [0, 0.1) is 5.92 Å². The predicted octanol–water partition coefficient (Wildman–Crippen LogP) is 2.91. The van der Waals surface area contributed by atoms with Gasteiger partial charge in [-0.15, -0.1) is 11.3 Å². The number of fused-ring (bicyclic) bond motifs is 1. The van der Waals surface area contributed by atoms with Crippen molar-refractivity contribution in [1.82, 2.24) is 10.3 Å². The highest BCUT2D eigenvalue weighted by Crippen LogP contribution is 2.35. The van der Waals surface area contributed by atoms with Gasteiger partial charge in [0, 0.05) is 17.4 Å². The van der Waals surface area contributed by atoms with Crippen molar-refractivity contribution in [2.45, 2.75) is 19.3 Å². The first-order chi connectivity index (χ1) is 12.3. The van der Waals surface area contributed by atoms with E-state index in [0.29, 0.717) is 30.7 Å². The van der Waals surface area contributed by atoms with Gasteiger partial charge in [-0.1, -0.05) is 0 Å². The van der Waals surface area contributed by atoms with E-state index in [1.165, 1.54) is 17.8 Å². The number of hydrogen-bond acceptors (Lipinski definition) is 6. The summed E-state index contributed by atoms with van der Waals surface area (Å²) in [6, 6.07) is 5.79. The van der Waals surface area contributed by atoms with Gasteiger partial charge in [0.25, 0.3) is 0 Å². The number of aromatic nitrogens is 1. The van der Waals surface area contributed by atoms with Gasteiger partial charge in [-0.25, -0.2) is 4.98 Å². The second-order valence-corrected chi connectivity index (χ2v) is 7.20. The molecule has 1 saturated heterocycles. The number of nitrogens with one attached hydrogen (secondary N) is 2. The Morgan fingerprint density at radius 1 is 1.32 bits per heavy atom. The molecule has 3 heterocycles. The van der Waals surface area contributed by atoms with Crippen LogP contribution in [-0.4, -0.2) is 37.2 Å². The largest absolute Gasteiger partial charge is 0.486 e. The quantitative estimate of drug-likeness (QED) is 0.859. The van der Waals surface area contributed by atoms with E-state index in [1.807, 2.05) is 23.6 Å². The Balaban J connectivity index is 1.37. The number of thiazole rings is 1. The Morgan fingerprint density at radius 2 is 2.20 bits per heavy atom. The number of hydrogen-bond donors (Lipinski definition) is 2. The molecule has 2 aromatic rings.